The lowest BCUT2D eigenvalue weighted by Crippen LogP contribution is -2.37. The topological polar surface area (TPSA) is 88.3 Å². The average Bonchev–Trinajstić information content (AvgIpc) is 3.26. The molecule has 0 atom stereocenters. The summed E-state index contributed by atoms with van der Waals surface area (Å²) in [6.07, 6.45) is 5.88. The molecule has 1 aromatic rings. The zero-order valence-electron chi connectivity index (χ0n) is 10.5. The van der Waals surface area contributed by atoms with E-state index in [1.807, 2.05) is 4.90 Å². The third-order valence-electron chi connectivity index (χ3n) is 3.51. The van der Waals surface area contributed by atoms with Crippen LogP contribution in [-0.2, 0) is 11.3 Å². The quantitative estimate of drug-likeness (QED) is 0.802. The molecule has 1 aromatic heterocycles. The van der Waals surface area contributed by atoms with E-state index in [9.17, 15) is 9.59 Å². The van der Waals surface area contributed by atoms with Gasteiger partial charge in [-0.05, 0) is 31.6 Å². The molecule has 1 heterocycles. The van der Waals surface area contributed by atoms with Crippen LogP contribution in [0.5, 0.6) is 0 Å². The Bertz CT molecular complexity index is 505. The summed E-state index contributed by atoms with van der Waals surface area (Å²) >= 11 is 0. The second-order valence-corrected chi connectivity index (χ2v) is 5.33. The number of hydrogen-bond acceptors (Lipinski definition) is 4. The van der Waals surface area contributed by atoms with Gasteiger partial charge in [0.1, 0.15) is 6.54 Å². The van der Waals surface area contributed by atoms with Crippen molar-refractivity contribution in [2.45, 2.75) is 38.3 Å². The van der Waals surface area contributed by atoms with Gasteiger partial charge in [-0.25, -0.2) is 9.48 Å². The van der Waals surface area contributed by atoms with Gasteiger partial charge in [0.25, 0.3) is 0 Å². The standard InChI is InChI=1S/C12H16N4O3/c17-11(7-15-6-10(12(18)19)13-14-15)16(9-3-4-9)5-8-1-2-8/h6,8-9H,1-5,7H2,(H,18,19). The number of aromatic carboxylic acids is 1. The van der Waals surface area contributed by atoms with Crippen molar-refractivity contribution in [2.75, 3.05) is 6.54 Å². The van der Waals surface area contributed by atoms with E-state index in [0.717, 1.165) is 19.4 Å². The van der Waals surface area contributed by atoms with Crippen LogP contribution in [0.25, 0.3) is 0 Å². The van der Waals surface area contributed by atoms with Crippen LogP contribution in [0, 0.1) is 5.92 Å². The summed E-state index contributed by atoms with van der Waals surface area (Å²) in [7, 11) is 0. The molecular formula is C12H16N4O3. The highest BCUT2D eigenvalue weighted by Crippen LogP contribution is 2.34. The predicted octanol–water partition coefficient (Wildman–Crippen LogP) is 0.377. The minimum Gasteiger partial charge on any atom is -0.476 e. The lowest BCUT2D eigenvalue weighted by atomic mass is 10.3. The second-order valence-electron chi connectivity index (χ2n) is 5.33. The largest absolute Gasteiger partial charge is 0.476 e. The van der Waals surface area contributed by atoms with Crippen molar-refractivity contribution in [3.05, 3.63) is 11.9 Å². The number of carboxylic acids is 1. The number of rotatable bonds is 6. The van der Waals surface area contributed by atoms with Crippen molar-refractivity contribution in [1.82, 2.24) is 19.9 Å². The summed E-state index contributed by atoms with van der Waals surface area (Å²) in [4.78, 5) is 24.9. The van der Waals surface area contributed by atoms with E-state index in [2.05, 4.69) is 10.3 Å². The molecule has 2 aliphatic carbocycles. The van der Waals surface area contributed by atoms with E-state index >= 15 is 0 Å². The number of nitrogens with zero attached hydrogens (tertiary/aromatic N) is 4. The first kappa shape index (κ1) is 12.1. The van der Waals surface area contributed by atoms with Crippen molar-refractivity contribution in [3.63, 3.8) is 0 Å². The SMILES string of the molecule is O=C(O)c1cn(CC(=O)N(CC2CC2)C2CC2)nn1. The summed E-state index contributed by atoms with van der Waals surface area (Å²) in [6, 6.07) is 0.385. The van der Waals surface area contributed by atoms with Gasteiger partial charge >= 0.3 is 5.97 Å². The maximum Gasteiger partial charge on any atom is 0.358 e. The summed E-state index contributed by atoms with van der Waals surface area (Å²) in [5, 5.41) is 15.9. The van der Waals surface area contributed by atoms with Gasteiger partial charge in [0, 0.05) is 12.6 Å². The van der Waals surface area contributed by atoms with Gasteiger partial charge in [0.15, 0.2) is 5.69 Å². The van der Waals surface area contributed by atoms with Gasteiger partial charge in [0.05, 0.1) is 6.20 Å². The normalized spacial score (nSPS) is 18.3. The monoisotopic (exact) mass is 264 g/mol. The molecule has 19 heavy (non-hydrogen) atoms. The number of hydrogen-bond donors (Lipinski definition) is 1. The maximum atomic E-state index is 12.2. The zero-order valence-corrected chi connectivity index (χ0v) is 10.5. The molecule has 7 nitrogen and oxygen atoms in total. The minimum atomic E-state index is -1.13. The lowest BCUT2D eigenvalue weighted by Gasteiger charge is -2.22. The molecule has 1 amide bonds. The molecule has 2 fully saturated rings. The van der Waals surface area contributed by atoms with Gasteiger partial charge in [-0.3, -0.25) is 4.79 Å². The van der Waals surface area contributed by atoms with Crippen molar-refractivity contribution in [2.24, 2.45) is 5.92 Å². The molecule has 0 saturated heterocycles. The van der Waals surface area contributed by atoms with Crippen LogP contribution in [0.1, 0.15) is 36.2 Å². The molecule has 3 rings (SSSR count). The summed E-state index contributed by atoms with van der Waals surface area (Å²) in [5.74, 6) is -0.457. The number of carboxylic acid groups (broad SMARTS) is 1. The van der Waals surface area contributed by atoms with E-state index in [4.69, 9.17) is 5.11 Å². The Kier molecular flexibility index (Phi) is 2.96. The molecule has 0 bridgehead atoms. The van der Waals surface area contributed by atoms with E-state index in [0.29, 0.717) is 12.0 Å². The number of carbonyl (C=O) groups is 2. The van der Waals surface area contributed by atoms with Crippen molar-refractivity contribution >= 4 is 11.9 Å². The Morgan fingerprint density at radius 3 is 2.63 bits per heavy atom. The highest BCUT2D eigenvalue weighted by Gasteiger charge is 2.36. The van der Waals surface area contributed by atoms with Crippen LogP contribution in [0.2, 0.25) is 0 Å². The Morgan fingerprint density at radius 2 is 2.11 bits per heavy atom. The molecule has 2 aliphatic rings. The average molecular weight is 264 g/mol. The molecular weight excluding hydrogens is 248 g/mol. The van der Waals surface area contributed by atoms with Crippen LogP contribution in [0.15, 0.2) is 6.20 Å². The first-order valence-corrected chi connectivity index (χ1v) is 6.56. The molecule has 7 heteroatoms. The Morgan fingerprint density at radius 1 is 1.37 bits per heavy atom. The fourth-order valence-corrected chi connectivity index (χ4v) is 2.12. The number of amides is 1. The van der Waals surface area contributed by atoms with Crippen LogP contribution in [-0.4, -0.2) is 49.5 Å². The van der Waals surface area contributed by atoms with E-state index < -0.39 is 5.97 Å². The molecule has 2 saturated carbocycles. The van der Waals surface area contributed by atoms with Crippen molar-refractivity contribution in [1.29, 1.82) is 0 Å². The lowest BCUT2D eigenvalue weighted by molar-refractivity contribution is -0.132. The summed E-state index contributed by atoms with van der Waals surface area (Å²) in [6.45, 7) is 0.910. The van der Waals surface area contributed by atoms with Gasteiger partial charge in [-0.15, -0.1) is 5.10 Å². The number of aromatic nitrogens is 3. The van der Waals surface area contributed by atoms with Gasteiger partial charge in [-0.1, -0.05) is 5.21 Å². The van der Waals surface area contributed by atoms with Gasteiger partial charge in [0.2, 0.25) is 5.91 Å². The first-order valence-electron chi connectivity index (χ1n) is 6.56. The Balaban J connectivity index is 1.62. The maximum absolute atomic E-state index is 12.2. The first-order chi connectivity index (χ1) is 9.13. The molecule has 102 valence electrons. The van der Waals surface area contributed by atoms with E-state index in [-0.39, 0.29) is 18.1 Å². The molecule has 0 spiro atoms. The van der Waals surface area contributed by atoms with Crippen LogP contribution < -0.4 is 0 Å². The molecule has 0 radical (unpaired) electrons. The number of carbonyl (C=O) groups excluding carboxylic acids is 1. The van der Waals surface area contributed by atoms with Crippen LogP contribution in [0.3, 0.4) is 0 Å². The highest BCUT2D eigenvalue weighted by molar-refractivity contribution is 5.84. The van der Waals surface area contributed by atoms with Crippen LogP contribution >= 0.6 is 0 Å². The van der Waals surface area contributed by atoms with Crippen molar-refractivity contribution in [3.8, 4) is 0 Å². The van der Waals surface area contributed by atoms with Crippen LogP contribution in [0.4, 0.5) is 0 Å². The summed E-state index contributed by atoms with van der Waals surface area (Å²) in [5.41, 5.74) is -0.132. The van der Waals surface area contributed by atoms with E-state index in [1.54, 1.807) is 0 Å². The van der Waals surface area contributed by atoms with Gasteiger partial charge < -0.3 is 10.0 Å². The molecule has 0 unspecified atom stereocenters. The minimum absolute atomic E-state index is 0.0104. The smallest absolute Gasteiger partial charge is 0.358 e. The molecule has 1 N–H and O–H groups in total. The summed E-state index contributed by atoms with van der Waals surface area (Å²) < 4.78 is 1.30. The van der Waals surface area contributed by atoms with Gasteiger partial charge in [-0.2, -0.15) is 0 Å². The predicted molar refractivity (Wildman–Crippen MR) is 64.4 cm³/mol. The fourth-order valence-electron chi connectivity index (χ4n) is 2.12. The van der Waals surface area contributed by atoms with E-state index in [1.165, 1.54) is 23.7 Å². The molecule has 0 aromatic carbocycles. The zero-order chi connectivity index (χ0) is 13.4. The Labute approximate surface area is 110 Å². The second kappa shape index (κ2) is 4.64. The Hall–Kier alpha value is -1.92. The third kappa shape index (κ3) is 2.91. The third-order valence-corrected chi connectivity index (χ3v) is 3.51. The van der Waals surface area contributed by atoms with Crippen molar-refractivity contribution < 1.29 is 14.7 Å². The fraction of sp³-hybridized carbons (Fsp3) is 0.667. The molecule has 0 aliphatic heterocycles. The highest BCUT2D eigenvalue weighted by atomic mass is 16.4.